The van der Waals surface area contributed by atoms with Gasteiger partial charge >= 0.3 is 0 Å². The van der Waals surface area contributed by atoms with Gasteiger partial charge in [-0.25, -0.2) is 0 Å². The van der Waals surface area contributed by atoms with Crippen molar-refractivity contribution in [3.8, 4) is 0 Å². The summed E-state index contributed by atoms with van der Waals surface area (Å²) in [6.45, 7) is 3.71. The summed E-state index contributed by atoms with van der Waals surface area (Å²) in [7, 11) is 0. The van der Waals surface area contributed by atoms with E-state index >= 15 is 0 Å². The molecule has 0 radical (unpaired) electrons. The van der Waals surface area contributed by atoms with Crippen molar-refractivity contribution in [2.45, 2.75) is 32.8 Å². The maximum Gasteiger partial charge on any atom is 0.142 e. The molecule has 74 valence electrons. The van der Waals surface area contributed by atoms with Gasteiger partial charge in [-0.3, -0.25) is 4.79 Å². The van der Waals surface area contributed by atoms with Gasteiger partial charge in [0.2, 0.25) is 0 Å². The van der Waals surface area contributed by atoms with Gasteiger partial charge in [0.1, 0.15) is 5.78 Å². The molecule has 0 amide bonds. The normalized spacial score (nSPS) is 54.6. The molecule has 0 spiro atoms. The fraction of sp³-hybridized carbons (Fsp3) is 0.900. The van der Waals surface area contributed by atoms with Crippen molar-refractivity contribution in [3.63, 3.8) is 0 Å². The maximum absolute atomic E-state index is 11.7. The van der Waals surface area contributed by atoms with Crippen molar-refractivity contribution in [1.82, 2.24) is 0 Å². The molecular formula is C10H16O3. The van der Waals surface area contributed by atoms with Crippen molar-refractivity contribution in [2.24, 2.45) is 16.7 Å². The third kappa shape index (κ3) is 0.754. The van der Waals surface area contributed by atoms with Crippen LogP contribution in [-0.2, 0) is 4.79 Å². The van der Waals surface area contributed by atoms with Crippen LogP contribution in [0.1, 0.15) is 26.7 Å². The lowest BCUT2D eigenvalue weighted by Gasteiger charge is -2.36. The average molecular weight is 184 g/mol. The van der Waals surface area contributed by atoms with Crippen LogP contribution in [0.3, 0.4) is 0 Å². The quantitative estimate of drug-likeness (QED) is 0.618. The number of aliphatic hydroxyl groups is 2. The summed E-state index contributed by atoms with van der Waals surface area (Å²) >= 11 is 0. The summed E-state index contributed by atoms with van der Waals surface area (Å²) in [5, 5.41) is 19.1. The molecule has 2 rings (SSSR count). The standard InChI is InChI=1S/C10H16O3/c1-9(5-11)6-3-7(12)10(9,2)8(13)4-6/h6-7,11-12H,3-5H2,1-2H3/t6-,7-,9-,10+/m0/s1. The first-order chi connectivity index (χ1) is 5.96. The second kappa shape index (κ2) is 2.34. The molecular weight excluding hydrogens is 168 g/mol. The van der Waals surface area contributed by atoms with E-state index in [0.29, 0.717) is 12.8 Å². The van der Waals surface area contributed by atoms with Crippen molar-refractivity contribution >= 4 is 5.78 Å². The second-order valence-electron chi connectivity index (χ2n) is 4.85. The fourth-order valence-corrected chi connectivity index (χ4v) is 3.11. The van der Waals surface area contributed by atoms with E-state index in [1.807, 2.05) is 6.92 Å². The van der Waals surface area contributed by atoms with Crippen molar-refractivity contribution < 1.29 is 15.0 Å². The van der Waals surface area contributed by atoms with Crippen LogP contribution in [0.15, 0.2) is 0 Å². The van der Waals surface area contributed by atoms with E-state index in [4.69, 9.17) is 0 Å². The number of carbonyl (C=O) groups is 1. The van der Waals surface area contributed by atoms with Crippen LogP contribution in [0.4, 0.5) is 0 Å². The van der Waals surface area contributed by atoms with Gasteiger partial charge in [-0.1, -0.05) is 6.92 Å². The van der Waals surface area contributed by atoms with Gasteiger partial charge in [0, 0.05) is 18.4 Å². The minimum absolute atomic E-state index is 0.00301. The Hall–Kier alpha value is -0.410. The number of hydrogen-bond acceptors (Lipinski definition) is 3. The zero-order valence-corrected chi connectivity index (χ0v) is 8.08. The topological polar surface area (TPSA) is 57.5 Å². The maximum atomic E-state index is 11.7. The minimum atomic E-state index is -0.702. The summed E-state index contributed by atoms with van der Waals surface area (Å²) in [6, 6.07) is 0. The Morgan fingerprint density at radius 2 is 2.15 bits per heavy atom. The monoisotopic (exact) mass is 184 g/mol. The first kappa shape index (κ1) is 9.16. The Morgan fingerprint density at radius 3 is 2.46 bits per heavy atom. The highest BCUT2D eigenvalue weighted by atomic mass is 16.3. The molecule has 4 atom stereocenters. The third-order valence-electron chi connectivity index (χ3n) is 4.60. The molecule has 13 heavy (non-hydrogen) atoms. The van der Waals surface area contributed by atoms with Crippen molar-refractivity contribution in [2.75, 3.05) is 6.61 Å². The molecule has 3 heteroatoms. The predicted octanol–water partition coefficient (Wildman–Crippen LogP) is 0.345. The van der Waals surface area contributed by atoms with Crippen LogP contribution in [-0.4, -0.2) is 28.7 Å². The molecule has 0 saturated heterocycles. The van der Waals surface area contributed by atoms with Gasteiger partial charge in [-0.15, -0.1) is 0 Å². The van der Waals surface area contributed by atoms with Crippen molar-refractivity contribution in [3.05, 3.63) is 0 Å². The molecule has 2 aliphatic rings. The first-order valence-corrected chi connectivity index (χ1v) is 4.79. The second-order valence-corrected chi connectivity index (χ2v) is 4.85. The molecule has 0 aromatic rings. The summed E-state index contributed by atoms with van der Waals surface area (Å²) in [4.78, 5) is 11.7. The number of Topliss-reactive ketones (excluding diaryl/α,β-unsaturated/α-hetero) is 1. The molecule has 3 nitrogen and oxygen atoms in total. The Morgan fingerprint density at radius 1 is 1.54 bits per heavy atom. The minimum Gasteiger partial charge on any atom is -0.396 e. The fourth-order valence-electron chi connectivity index (χ4n) is 3.11. The highest BCUT2D eigenvalue weighted by molar-refractivity contribution is 5.90. The molecule has 2 aliphatic carbocycles. The highest BCUT2D eigenvalue weighted by Crippen LogP contribution is 2.63. The molecule has 0 aromatic heterocycles. The van der Waals surface area contributed by atoms with E-state index < -0.39 is 16.9 Å². The van der Waals surface area contributed by atoms with Gasteiger partial charge < -0.3 is 10.2 Å². The molecule has 2 bridgehead atoms. The van der Waals surface area contributed by atoms with E-state index in [1.54, 1.807) is 6.92 Å². The molecule has 2 saturated carbocycles. The van der Waals surface area contributed by atoms with Gasteiger partial charge in [0.25, 0.3) is 0 Å². The summed E-state index contributed by atoms with van der Waals surface area (Å²) in [6.07, 6.45) is 0.639. The number of rotatable bonds is 1. The van der Waals surface area contributed by atoms with Gasteiger partial charge in [0.15, 0.2) is 0 Å². The smallest absolute Gasteiger partial charge is 0.142 e. The Balaban J connectivity index is 2.49. The Kier molecular flexibility index (Phi) is 1.65. The zero-order chi connectivity index (χ0) is 9.85. The summed E-state index contributed by atoms with van der Waals surface area (Å²) in [5.41, 5.74) is -1.10. The number of fused-ring (bicyclic) bond motifs is 2. The van der Waals surface area contributed by atoms with E-state index in [2.05, 4.69) is 0 Å². The van der Waals surface area contributed by atoms with Crippen molar-refractivity contribution in [1.29, 1.82) is 0 Å². The van der Waals surface area contributed by atoms with E-state index in [9.17, 15) is 15.0 Å². The molecule has 0 aromatic carbocycles. The number of ketones is 1. The van der Waals surface area contributed by atoms with Gasteiger partial charge in [0.05, 0.1) is 11.5 Å². The van der Waals surface area contributed by atoms with Crippen LogP contribution < -0.4 is 0 Å². The SMILES string of the molecule is C[C@]1(CO)[C@@H]2CC(=O)[C@@]1(C)[C@@H](O)C2. The van der Waals surface area contributed by atoms with Gasteiger partial charge in [-0.2, -0.15) is 0 Å². The Labute approximate surface area is 77.8 Å². The summed E-state index contributed by atoms with van der Waals surface area (Å²) in [5.74, 6) is 0.290. The molecule has 2 N–H and O–H groups in total. The average Bonchev–Trinajstić information content (AvgIpc) is 2.38. The molecule has 0 unspecified atom stereocenters. The predicted molar refractivity (Wildman–Crippen MR) is 47.0 cm³/mol. The van der Waals surface area contributed by atoms with Crippen LogP contribution >= 0.6 is 0 Å². The van der Waals surface area contributed by atoms with Crippen LogP contribution in [0, 0.1) is 16.7 Å². The third-order valence-corrected chi connectivity index (χ3v) is 4.60. The van der Waals surface area contributed by atoms with Crippen LogP contribution in [0.5, 0.6) is 0 Å². The van der Waals surface area contributed by atoms with E-state index in [1.165, 1.54) is 0 Å². The largest absolute Gasteiger partial charge is 0.396 e. The van der Waals surface area contributed by atoms with Gasteiger partial charge in [-0.05, 0) is 19.3 Å². The molecule has 0 heterocycles. The molecule has 0 aliphatic heterocycles. The molecule has 2 fully saturated rings. The van der Waals surface area contributed by atoms with Crippen LogP contribution in [0.2, 0.25) is 0 Å². The highest BCUT2D eigenvalue weighted by Gasteiger charge is 2.68. The lowest BCUT2D eigenvalue weighted by atomic mass is 9.68. The first-order valence-electron chi connectivity index (χ1n) is 4.79. The number of hydrogen-bond donors (Lipinski definition) is 2. The van der Waals surface area contributed by atoms with E-state index in [0.717, 1.165) is 0 Å². The van der Waals surface area contributed by atoms with E-state index in [-0.39, 0.29) is 18.3 Å². The van der Waals surface area contributed by atoms with Crippen LogP contribution in [0.25, 0.3) is 0 Å². The number of carbonyl (C=O) groups excluding carboxylic acids is 1. The number of aliphatic hydroxyl groups excluding tert-OH is 2. The lowest BCUT2D eigenvalue weighted by molar-refractivity contribution is -0.137. The Bertz CT molecular complexity index is 263. The lowest BCUT2D eigenvalue weighted by Crippen LogP contribution is -2.44. The zero-order valence-electron chi connectivity index (χ0n) is 8.08. The summed E-state index contributed by atoms with van der Waals surface area (Å²) < 4.78 is 0.